The second-order valence-corrected chi connectivity index (χ2v) is 6.39. The van der Waals surface area contributed by atoms with Crippen LogP contribution in [0.4, 0.5) is 5.69 Å². The van der Waals surface area contributed by atoms with Crippen LogP contribution in [0.15, 0.2) is 85.1 Å². The highest BCUT2D eigenvalue weighted by Gasteiger charge is 2.13. The zero-order chi connectivity index (χ0) is 19.9. The molecule has 0 bridgehead atoms. The molecular formula is C23H18ClNO3. The standard InChI is InChI=1S/C23H18ClNO3/c1-28-19-10-7-16(8-11-19)22(26)13-14-25-21-15-18(24)9-12-20(21)23(27)17-5-3-2-4-6-17/h2-15,25H,1H3/b14-13+. The van der Waals surface area contributed by atoms with Gasteiger partial charge in [-0.3, -0.25) is 9.59 Å². The minimum atomic E-state index is -0.173. The van der Waals surface area contributed by atoms with Crippen LogP contribution in [-0.4, -0.2) is 18.7 Å². The normalized spacial score (nSPS) is 10.6. The molecule has 0 spiro atoms. The minimum Gasteiger partial charge on any atom is -0.497 e. The first-order valence-corrected chi connectivity index (χ1v) is 8.97. The third kappa shape index (κ3) is 4.67. The van der Waals surface area contributed by atoms with Crippen LogP contribution in [-0.2, 0) is 0 Å². The highest BCUT2D eigenvalue weighted by molar-refractivity contribution is 6.31. The molecule has 0 heterocycles. The molecule has 0 saturated carbocycles. The average Bonchev–Trinajstić information content (AvgIpc) is 2.74. The third-order valence-corrected chi connectivity index (χ3v) is 4.35. The van der Waals surface area contributed by atoms with E-state index in [0.717, 1.165) is 0 Å². The highest BCUT2D eigenvalue weighted by Crippen LogP contribution is 2.24. The molecule has 0 fully saturated rings. The van der Waals surface area contributed by atoms with Crippen molar-refractivity contribution in [1.29, 1.82) is 0 Å². The Morgan fingerprint density at radius 3 is 2.32 bits per heavy atom. The number of ketones is 2. The molecule has 5 heteroatoms. The van der Waals surface area contributed by atoms with Gasteiger partial charge in [0.2, 0.25) is 0 Å². The van der Waals surface area contributed by atoms with E-state index in [9.17, 15) is 9.59 Å². The fourth-order valence-electron chi connectivity index (χ4n) is 2.64. The second-order valence-electron chi connectivity index (χ2n) is 5.96. The summed E-state index contributed by atoms with van der Waals surface area (Å²) >= 11 is 6.08. The van der Waals surface area contributed by atoms with Gasteiger partial charge in [-0.2, -0.15) is 0 Å². The van der Waals surface area contributed by atoms with Gasteiger partial charge in [-0.1, -0.05) is 41.9 Å². The largest absolute Gasteiger partial charge is 0.497 e. The van der Waals surface area contributed by atoms with Gasteiger partial charge in [0.1, 0.15) is 5.75 Å². The number of anilines is 1. The van der Waals surface area contributed by atoms with Crippen LogP contribution < -0.4 is 10.1 Å². The van der Waals surface area contributed by atoms with Gasteiger partial charge in [0.05, 0.1) is 12.8 Å². The number of carbonyl (C=O) groups is 2. The molecule has 0 unspecified atom stereocenters. The molecule has 0 atom stereocenters. The van der Waals surface area contributed by atoms with E-state index in [1.807, 2.05) is 18.2 Å². The summed E-state index contributed by atoms with van der Waals surface area (Å²) in [5.41, 5.74) is 2.11. The van der Waals surface area contributed by atoms with Crippen LogP contribution in [0.25, 0.3) is 0 Å². The molecule has 3 aromatic rings. The van der Waals surface area contributed by atoms with Gasteiger partial charge in [0, 0.05) is 34.0 Å². The maximum atomic E-state index is 12.8. The van der Waals surface area contributed by atoms with Crippen molar-refractivity contribution in [3.05, 3.63) is 107 Å². The Bertz CT molecular complexity index is 1010. The number of benzene rings is 3. The van der Waals surface area contributed by atoms with Gasteiger partial charge in [0.25, 0.3) is 0 Å². The molecule has 3 aromatic carbocycles. The zero-order valence-corrected chi connectivity index (χ0v) is 15.9. The first-order chi connectivity index (χ1) is 13.6. The van der Waals surface area contributed by atoms with Crippen LogP contribution in [0.3, 0.4) is 0 Å². The Kier molecular flexibility index (Phi) is 6.25. The monoisotopic (exact) mass is 391 g/mol. The Morgan fingerprint density at radius 1 is 0.929 bits per heavy atom. The van der Waals surface area contributed by atoms with Crippen LogP contribution in [0, 0.1) is 0 Å². The number of allylic oxidation sites excluding steroid dienone is 1. The number of hydrogen-bond acceptors (Lipinski definition) is 4. The second kappa shape index (κ2) is 9.02. The molecule has 0 saturated heterocycles. The lowest BCUT2D eigenvalue weighted by Crippen LogP contribution is -2.05. The summed E-state index contributed by atoms with van der Waals surface area (Å²) in [5, 5.41) is 3.48. The smallest absolute Gasteiger partial charge is 0.195 e. The fourth-order valence-corrected chi connectivity index (χ4v) is 2.81. The van der Waals surface area contributed by atoms with Gasteiger partial charge < -0.3 is 10.1 Å². The number of carbonyl (C=O) groups excluding carboxylic acids is 2. The lowest BCUT2D eigenvalue weighted by molar-refractivity contribution is 0.103. The molecule has 4 nitrogen and oxygen atoms in total. The number of methoxy groups -OCH3 is 1. The van der Waals surface area contributed by atoms with Gasteiger partial charge in [0.15, 0.2) is 11.6 Å². The SMILES string of the molecule is COc1ccc(C(=O)/C=C/Nc2cc(Cl)ccc2C(=O)c2ccccc2)cc1. The molecule has 0 aliphatic carbocycles. The predicted molar refractivity (Wildman–Crippen MR) is 111 cm³/mol. The van der Waals surface area contributed by atoms with Crippen LogP contribution in [0.5, 0.6) is 5.75 Å². The van der Waals surface area contributed by atoms with Gasteiger partial charge in [-0.15, -0.1) is 0 Å². The Balaban J connectivity index is 1.78. The summed E-state index contributed by atoms with van der Waals surface area (Å²) < 4.78 is 5.09. The Morgan fingerprint density at radius 2 is 1.64 bits per heavy atom. The quantitative estimate of drug-likeness (QED) is 0.433. The van der Waals surface area contributed by atoms with E-state index in [2.05, 4.69) is 5.32 Å². The first-order valence-electron chi connectivity index (χ1n) is 8.59. The van der Waals surface area contributed by atoms with E-state index < -0.39 is 0 Å². The van der Waals surface area contributed by atoms with Crippen LogP contribution in [0.2, 0.25) is 5.02 Å². The summed E-state index contributed by atoms with van der Waals surface area (Å²) in [4.78, 5) is 25.1. The molecule has 28 heavy (non-hydrogen) atoms. The summed E-state index contributed by atoms with van der Waals surface area (Å²) in [7, 11) is 1.57. The van der Waals surface area contributed by atoms with E-state index in [4.69, 9.17) is 16.3 Å². The van der Waals surface area contributed by atoms with E-state index in [0.29, 0.717) is 33.1 Å². The molecule has 0 aromatic heterocycles. The maximum Gasteiger partial charge on any atom is 0.195 e. The highest BCUT2D eigenvalue weighted by atomic mass is 35.5. The maximum absolute atomic E-state index is 12.8. The average molecular weight is 392 g/mol. The lowest BCUT2D eigenvalue weighted by atomic mass is 10.0. The van der Waals surface area contributed by atoms with Crippen molar-refractivity contribution in [1.82, 2.24) is 0 Å². The number of ether oxygens (including phenoxy) is 1. The van der Waals surface area contributed by atoms with Gasteiger partial charge in [-0.05, 0) is 42.5 Å². The summed E-state index contributed by atoms with van der Waals surface area (Å²) in [6.07, 6.45) is 2.90. The molecule has 0 aliphatic rings. The Hall–Kier alpha value is -3.37. The fraction of sp³-hybridized carbons (Fsp3) is 0.0435. The van der Waals surface area contributed by atoms with E-state index in [1.165, 1.54) is 12.3 Å². The minimum absolute atomic E-state index is 0.130. The number of hydrogen-bond donors (Lipinski definition) is 1. The third-order valence-electron chi connectivity index (χ3n) is 4.11. The summed E-state index contributed by atoms with van der Waals surface area (Å²) in [6.45, 7) is 0. The van der Waals surface area contributed by atoms with Crippen LogP contribution >= 0.6 is 11.6 Å². The van der Waals surface area contributed by atoms with E-state index in [-0.39, 0.29) is 11.6 Å². The van der Waals surface area contributed by atoms with Crippen molar-refractivity contribution in [2.24, 2.45) is 0 Å². The van der Waals surface area contributed by atoms with Gasteiger partial charge in [-0.25, -0.2) is 0 Å². The van der Waals surface area contributed by atoms with Crippen molar-refractivity contribution < 1.29 is 14.3 Å². The first kappa shape index (κ1) is 19.4. The topological polar surface area (TPSA) is 55.4 Å². The number of rotatable bonds is 7. The lowest BCUT2D eigenvalue weighted by Gasteiger charge is -2.09. The molecule has 0 radical (unpaired) electrons. The van der Waals surface area contributed by atoms with E-state index >= 15 is 0 Å². The van der Waals surface area contributed by atoms with Crippen molar-refractivity contribution in [2.75, 3.05) is 12.4 Å². The van der Waals surface area contributed by atoms with Crippen molar-refractivity contribution in [2.45, 2.75) is 0 Å². The number of nitrogens with one attached hydrogen (secondary N) is 1. The van der Waals surface area contributed by atoms with Gasteiger partial charge >= 0.3 is 0 Å². The summed E-state index contributed by atoms with van der Waals surface area (Å²) in [6, 6.07) is 20.8. The Labute approximate surface area is 168 Å². The van der Waals surface area contributed by atoms with E-state index in [1.54, 1.807) is 61.7 Å². The number of halogens is 1. The molecule has 3 rings (SSSR count). The van der Waals surface area contributed by atoms with Crippen molar-refractivity contribution in [3.63, 3.8) is 0 Å². The molecule has 1 N–H and O–H groups in total. The molecule has 0 amide bonds. The molecule has 140 valence electrons. The van der Waals surface area contributed by atoms with Crippen LogP contribution in [0.1, 0.15) is 26.3 Å². The van der Waals surface area contributed by atoms with Crippen molar-refractivity contribution >= 4 is 28.9 Å². The predicted octanol–water partition coefficient (Wildman–Crippen LogP) is 5.39. The van der Waals surface area contributed by atoms with Crippen molar-refractivity contribution in [3.8, 4) is 5.75 Å². The summed E-state index contributed by atoms with van der Waals surface area (Å²) in [5.74, 6) is 0.379. The zero-order valence-electron chi connectivity index (χ0n) is 15.2. The molecule has 0 aliphatic heterocycles. The molecular weight excluding hydrogens is 374 g/mol.